The summed E-state index contributed by atoms with van der Waals surface area (Å²) in [6, 6.07) is 9.13. The molecule has 51 valence electrons. The first kappa shape index (κ1) is 6.77. The van der Waals surface area contributed by atoms with Crippen molar-refractivity contribution in [3.8, 4) is 0 Å². The first-order valence-corrected chi connectivity index (χ1v) is 2.75. The van der Waals surface area contributed by atoms with E-state index in [2.05, 4.69) is 6.07 Å². The molecule has 0 aromatic heterocycles. The van der Waals surface area contributed by atoms with Gasteiger partial charge in [0.1, 0.15) is 0 Å². The van der Waals surface area contributed by atoms with Crippen molar-refractivity contribution in [1.29, 1.82) is 0 Å². The molecule has 0 saturated carbocycles. The van der Waals surface area contributed by atoms with Crippen LogP contribution in [0.3, 0.4) is 0 Å². The molecule has 0 fully saturated rings. The molecule has 1 aromatic carbocycles. The molecule has 3 nitrogen and oxygen atoms in total. The van der Waals surface area contributed by atoms with Crippen LogP contribution in [0.1, 0.15) is 10.4 Å². The van der Waals surface area contributed by atoms with E-state index in [9.17, 15) is 4.79 Å². The highest BCUT2D eigenvalue weighted by molar-refractivity contribution is 5.93. The van der Waals surface area contributed by atoms with Gasteiger partial charge in [-0.25, -0.2) is 5.48 Å². The molecule has 1 aromatic rings. The number of hydrogen-bond donors (Lipinski definition) is 2. The van der Waals surface area contributed by atoms with Crippen LogP contribution < -0.4 is 5.48 Å². The van der Waals surface area contributed by atoms with Crippen LogP contribution in [-0.2, 0) is 0 Å². The molecule has 1 rings (SSSR count). The standard InChI is InChI=1S/C7H6NO2/c9-7(8-10)6-4-2-1-3-5-6/h1-2,4-5,10H,(H,8,9). The van der Waals surface area contributed by atoms with Gasteiger partial charge in [-0.3, -0.25) is 10.0 Å². The predicted molar refractivity (Wildman–Crippen MR) is 34.5 cm³/mol. The fourth-order valence-corrected chi connectivity index (χ4v) is 0.599. The molecule has 0 aliphatic rings. The highest BCUT2D eigenvalue weighted by Crippen LogP contribution is 1.95. The smallest absolute Gasteiger partial charge is 0.274 e. The summed E-state index contributed by atoms with van der Waals surface area (Å²) in [5.74, 6) is -0.517. The second-order valence-electron chi connectivity index (χ2n) is 1.73. The van der Waals surface area contributed by atoms with Gasteiger partial charge in [-0.1, -0.05) is 12.1 Å². The zero-order valence-electron chi connectivity index (χ0n) is 5.16. The number of carbonyl (C=O) groups is 1. The number of rotatable bonds is 1. The highest BCUT2D eigenvalue weighted by Gasteiger charge is 1.99. The Morgan fingerprint density at radius 1 is 1.70 bits per heavy atom. The Kier molecular flexibility index (Phi) is 2.02. The predicted octanol–water partition coefficient (Wildman–Crippen LogP) is 0.606. The van der Waals surface area contributed by atoms with E-state index in [1.807, 2.05) is 0 Å². The van der Waals surface area contributed by atoms with Crippen LogP contribution in [0, 0.1) is 6.07 Å². The molecule has 1 radical (unpaired) electrons. The van der Waals surface area contributed by atoms with Gasteiger partial charge in [-0.2, -0.15) is 0 Å². The third-order valence-electron chi connectivity index (χ3n) is 1.07. The lowest BCUT2D eigenvalue weighted by atomic mass is 10.2. The zero-order valence-corrected chi connectivity index (χ0v) is 5.16. The van der Waals surface area contributed by atoms with Crippen LogP contribution in [0.15, 0.2) is 24.3 Å². The van der Waals surface area contributed by atoms with Gasteiger partial charge in [-0.15, -0.1) is 0 Å². The normalized spacial score (nSPS) is 8.90. The summed E-state index contributed by atoms with van der Waals surface area (Å²) in [6.07, 6.45) is 0. The lowest BCUT2D eigenvalue weighted by Crippen LogP contribution is -2.18. The Balaban J connectivity index is 2.85. The Hall–Kier alpha value is -1.35. The molecular weight excluding hydrogens is 130 g/mol. The molecule has 0 saturated heterocycles. The third-order valence-corrected chi connectivity index (χ3v) is 1.07. The van der Waals surface area contributed by atoms with E-state index in [4.69, 9.17) is 5.21 Å². The lowest BCUT2D eigenvalue weighted by Gasteiger charge is -1.94. The maximum Gasteiger partial charge on any atom is 0.274 e. The molecule has 0 heterocycles. The second-order valence-corrected chi connectivity index (χ2v) is 1.73. The van der Waals surface area contributed by atoms with Crippen LogP contribution in [0.4, 0.5) is 0 Å². The molecule has 3 heteroatoms. The van der Waals surface area contributed by atoms with Gasteiger partial charge >= 0.3 is 0 Å². The van der Waals surface area contributed by atoms with E-state index in [1.165, 1.54) is 11.5 Å². The summed E-state index contributed by atoms with van der Waals surface area (Å²) in [7, 11) is 0. The Labute approximate surface area is 58.3 Å². The summed E-state index contributed by atoms with van der Waals surface area (Å²) in [5, 5.41) is 8.17. The largest absolute Gasteiger partial charge is 0.288 e. The van der Waals surface area contributed by atoms with Crippen molar-refractivity contribution >= 4 is 5.91 Å². The first-order valence-electron chi connectivity index (χ1n) is 2.75. The third kappa shape index (κ3) is 1.33. The number of carbonyl (C=O) groups excluding carboxylic acids is 1. The summed E-state index contributed by atoms with van der Waals surface area (Å²) in [4.78, 5) is 10.6. The van der Waals surface area contributed by atoms with E-state index in [-0.39, 0.29) is 0 Å². The van der Waals surface area contributed by atoms with Crippen molar-refractivity contribution in [1.82, 2.24) is 5.48 Å². The second kappa shape index (κ2) is 2.98. The maximum absolute atomic E-state index is 10.6. The quantitative estimate of drug-likeness (QED) is 0.439. The molecule has 1 amide bonds. The molecule has 0 spiro atoms. The summed E-state index contributed by atoms with van der Waals surface area (Å²) in [6.45, 7) is 0. The Morgan fingerprint density at radius 2 is 2.50 bits per heavy atom. The molecule has 0 atom stereocenters. The van der Waals surface area contributed by atoms with Crippen LogP contribution in [-0.4, -0.2) is 11.1 Å². The van der Waals surface area contributed by atoms with Gasteiger partial charge in [0.05, 0.1) is 0 Å². The van der Waals surface area contributed by atoms with E-state index in [0.29, 0.717) is 5.56 Å². The van der Waals surface area contributed by atoms with Gasteiger partial charge in [-0.05, 0) is 18.2 Å². The minimum absolute atomic E-state index is 0.394. The molecule has 0 bridgehead atoms. The van der Waals surface area contributed by atoms with Gasteiger partial charge in [0.25, 0.3) is 5.91 Å². The van der Waals surface area contributed by atoms with E-state index in [0.717, 1.165) is 0 Å². The molecule has 0 aliphatic carbocycles. The van der Waals surface area contributed by atoms with Crippen molar-refractivity contribution in [2.45, 2.75) is 0 Å². The van der Waals surface area contributed by atoms with Gasteiger partial charge in [0, 0.05) is 5.56 Å². The van der Waals surface area contributed by atoms with Crippen molar-refractivity contribution < 1.29 is 10.0 Å². The minimum atomic E-state index is -0.517. The van der Waals surface area contributed by atoms with Crippen LogP contribution in [0.2, 0.25) is 0 Å². The first-order chi connectivity index (χ1) is 4.84. The van der Waals surface area contributed by atoms with Gasteiger partial charge in [0.15, 0.2) is 0 Å². The van der Waals surface area contributed by atoms with Crippen molar-refractivity contribution in [3.05, 3.63) is 35.9 Å². The van der Waals surface area contributed by atoms with E-state index >= 15 is 0 Å². The van der Waals surface area contributed by atoms with Crippen molar-refractivity contribution in [2.75, 3.05) is 0 Å². The summed E-state index contributed by atoms with van der Waals surface area (Å²) in [5.41, 5.74) is 1.92. The average molecular weight is 136 g/mol. The van der Waals surface area contributed by atoms with Crippen LogP contribution >= 0.6 is 0 Å². The summed E-state index contributed by atoms with van der Waals surface area (Å²) < 4.78 is 0. The Morgan fingerprint density at radius 3 is 3.00 bits per heavy atom. The van der Waals surface area contributed by atoms with Crippen LogP contribution in [0.25, 0.3) is 0 Å². The van der Waals surface area contributed by atoms with Gasteiger partial charge in [0.2, 0.25) is 0 Å². The molecule has 2 N–H and O–H groups in total. The van der Waals surface area contributed by atoms with Gasteiger partial charge < -0.3 is 0 Å². The summed E-state index contributed by atoms with van der Waals surface area (Å²) >= 11 is 0. The molecule has 10 heavy (non-hydrogen) atoms. The molecular formula is C7H6NO2. The fraction of sp³-hybridized carbons (Fsp3) is 0. The average Bonchev–Trinajstić information content (AvgIpc) is 2.05. The zero-order chi connectivity index (χ0) is 7.40. The van der Waals surface area contributed by atoms with Crippen molar-refractivity contribution in [2.24, 2.45) is 0 Å². The fourth-order valence-electron chi connectivity index (χ4n) is 0.599. The number of amides is 1. The van der Waals surface area contributed by atoms with E-state index in [1.54, 1.807) is 18.2 Å². The molecule has 0 aliphatic heterocycles. The lowest BCUT2D eigenvalue weighted by molar-refractivity contribution is 0.0706. The number of nitrogens with one attached hydrogen (secondary N) is 1. The SMILES string of the molecule is O=C(NO)c1c[c]ccc1. The highest BCUT2D eigenvalue weighted by atomic mass is 16.5. The number of hydroxylamine groups is 1. The van der Waals surface area contributed by atoms with Crippen molar-refractivity contribution in [3.63, 3.8) is 0 Å². The number of hydrogen-bond acceptors (Lipinski definition) is 2. The molecule has 0 unspecified atom stereocenters. The van der Waals surface area contributed by atoms with Crippen LogP contribution in [0.5, 0.6) is 0 Å². The minimum Gasteiger partial charge on any atom is -0.288 e. The topological polar surface area (TPSA) is 49.3 Å². The monoisotopic (exact) mass is 136 g/mol. The van der Waals surface area contributed by atoms with E-state index < -0.39 is 5.91 Å². The number of benzene rings is 1. The Bertz CT molecular complexity index is 220. The maximum atomic E-state index is 10.6.